The molecule has 0 aromatic rings. The highest BCUT2D eigenvalue weighted by atomic mass is 28.3. The van der Waals surface area contributed by atoms with Crippen molar-refractivity contribution < 1.29 is 9.53 Å². The molecule has 0 radical (unpaired) electrons. The summed E-state index contributed by atoms with van der Waals surface area (Å²) in [4.78, 5) is 10.6. The minimum absolute atomic E-state index is 0.330. The standard InChI is InChI=1S/C7H17NO2Si/c1-10-7(9)8-5-6-11(2,3)4/h5-6H2,1-4H3,(H,8,9). The van der Waals surface area contributed by atoms with Crippen LogP contribution in [0.5, 0.6) is 0 Å². The molecule has 0 aromatic carbocycles. The normalized spacial score (nSPS) is 10.9. The highest BCUT2D eigenvalue weighted by Gasteiger charge is 2.12. The average Bonchev–Trinajstić information content (AvgIpc) is 1.85. The molecule has 0 fully saturated rings. The van der Waals surface area contributed by atoms with Crippen molar-refractivity contribution in [2.75, 3.05) is 13.7 Å². The number of rotatable bonds is 3. The van der Waals surface area contributed by atoms with Crippen molar-refractivity contribution in [2.45, 2.75) is 25.7 Å². The minimum atomic E-state index is -1.01. The van der Waals surface area contributed by atoms with Gasteiger partial charge in [0.15, 0.2) is 0 Å². The van der Waals surface area contributed by atoms with Gasteiger partial charge >= 0.3 is 6.09 Å². The van der Waals surface area contributed by atoms with Crippen LogP contribution < -0.4 is 5.32 Å². The van der Waals surface area contributed by atoms with E-state index in [-0.39, 0.29) is 6.09 Å². The minimum Gasteiger partial charge on any atom is -0.453 e. The van der Waals surface area contributed by atoms with Crippen LogP contribution in [0.2, 0.25) is 25.7 Å². The maximum absolute atomic E-state index is 10.6. The number of hydrogen-bond acceptors (Lipinski definition) is 2. The van der Waals surface area contributed by atoms with E-state index < -0.39 is 8.07 Å². The molecule has 1 N–H and O–H groups in total. The fourth-order valence-corrected chi connectivity index (χ4v) is 1.49. The van der Waals surface area contributed by atoms with Crippen molar-refractivity contribution in [3.63, 3.8) is 0 Å². The quantitative estimate of drug-likeness (QED) is 0.663. The van der Waals surface area contributed by atoms with Crippen LogP contribution in [0.3, 0.4) is 0 Å². The summed E-state index contributed by atoms with van der Waals surface area (Å²) in [6.45, 7) is 7.55. The SMILES string of the molecule is COC(=O)NCC[Si](C)(C)C. The third-order valence-electron chi connectivity index (χ3n) is 1.33. The topological polar surface area (TPSA) is 38.3 Å². The van der Waals surface area contributed by atoms with E-state index in [0.29, 0.717) is 0 Å². The van der Waals surface area contributed by atoms with Gasteiger partial charge in [0.2, 0.25) is 0 Å². The zero-order valence-electron chi connectivity index (χ0n) is 7.73. The number of amides is 1. The van der Waals surface area contributed by atoms with Gasteiger partial charge in [-0.2, -0.15) is 0 Å². The molecule has 1 amide bonds. The van der Waals surface area contributed by atoms with Gasteiger partial charge in [-0.1, -0.05) is 19.6 Å². The van der Waals surface area contributed by atoms with Gasteiger partial charge in [0.25, 0.3) is 0 Å². The Labute approximate surface area is 69.1 Å². The van der Waals surface area contributed by atoms with Crippen LogP contribution in [-0.4, -0.2) is 27.8 Å². The highest BCUT2D eigenvalue weighted by Crippen LogP contribution is 2.05. The number of carbonyl (C=O) groups excluding carboxylic acids is 1. The predicted octanol–water partition coefficient (Wildman–Crippen LogP) is 1.68. The van der Waals surface area contributed by atoms with Gasteiger partial charge in [-0.05, 0) is 6.04 Å². The Kier molecular flexibility index (Phi) is 4.18. The maximum Gasteiger partial charge on any atom is 0.406 e. The fourth-order valence-electron chi connectivity index (χ4n) is 0.612. The number of nitrogens with one attached hydrogen (secondary N) is 1. The molecule has 0 saturated carbocycles. The summed E-state index contributed by atoms with van der Waals surface area (Å²) in [5.74, 6) is 0. The molecule has 0 bridgehead atoms. The van der Waals surface area contributed by atoms with Gasteiger partial charge in [-0.25, -0.2) is 4.79 Å². The molecule has 0 saturated heterocycles. The summed E-state index contributed by atoms with van der Waals surface area (Å²) in [6.07, 6.45) is -0.330. The Hall–Kier alpha value is -0.513. The van der Waals surface area contributed by atoms with Gasteiger partial charge < -0.3 is 10.1 Å². The second kappa shape index (κ2) is 4.38. The summed E-state index contributed by atoms with van der Waals surface area (Å²) in [6, 6.07) is 1.10. The van der Waals surface area contributed by atoms with Crippen molar-refractivity contribution in [3.05, 3.63) is 0 Å². The van der Waals surface area contributed by atoms with Gasteiger partial charge in [-0.15, -0.1) is 0 Å². The Morgan fingerprint density at radius 1 is 1.45 bits per heavy atom. The van der Waals surface area contributed by atoms with E-state index in [1.165, 1.54) is 7.11 Å². The molecular formula is C7H17NO2Si. The van der Waals surface area contributed by atoms with Gasteiger partial charge in [0, 0.05) is 14.6 Å². The third-order valence-corrected chi connectivity index (χ3v) is 3.08. The average molecular weight is 175 g/mol. The first kappa shape index (κ1) is 10.5. The largest absolute Gasteiger partial charge is 0.453 e. The number of ether oxygens (including phenoxy) is 1. The molecule has 4 heteroatoms. The summed E-state index contributed by atoms with van der Waals surface area (Å²) < 4.78 is 4.43. The molecule has 0 aromatic heterocycles. The predicted molar refractivity (Wildman–Crippen MR) is 48.6 cm³/mol. The molecule has 0 atom stereocenters. The summed E-state index contributed by atoms with van der Waals surface area (Å²) in [5.41, 5.74) is 0. The van der Waals surface area contributed by atoms with Crippen molar-refractivity contribution in [2.24, 2.45) is 0 Å². The van der Waals surface area contributed by atoms with E-state index >= 15 is 0 Å². The van der Waals surface area contributed by atoms with Crippen LogP contribution in [-0.2, 0) is 4.74 Å². The maximum atomic E-state index is 10.6. The summed E-state index contributed by atoms with van der Waals surface area (Å²) in [5, 5.41) is 2.66. The summed E-state index contributed by atoms with van der Waals surface area (Å²) in [7, 11) is 0.372. The molecule has 0 spiro atoms. The molecule has 11 heavy (non-hydrogen) atoms. The van der Waals surface area contributed by atoms with E-state index in [1.54, 1.807) is 0 Å². The number of hydrogen-bond donors (Lipinski definition) is 1. The zero-order valence-corrected chi connectivity index (χ0v) is 8.73. The van der Waals surface area contributed by atoms with Crippen molar-refractivity contribution in [1.29, 1.82) is 0 Å². The molecule has 0 heterocycles. The lowest BCUT2D eigenvalue weighted by Crippen LogP contribution is -2.30. The van der Waals surface area contributed by atoms with E-state index in [2.05, 4.69) is 29.7 Å². The second-order valence-corrected chi connectivity index (χ2v) is 9.35. The van der Waals surface area contributed by atoms with Crippen molar-refractivity contribution in [3.8, 4) is 0 Å². The Bertz CT molecular complexity index is 131. The van der Waals surface area contributed by atoms with Gasteiger partial charge in [-0.3, -0.25) is 0 Å². The van der Waals surface area contributed by atoms with Crippen molar-refractivity contribution >= 4 is 14.2 Å². The first-order chi connectivity index (χ1) is 4.95. The second-order valence-electron chi connectivity index (χ2n) is 3.73. The van der Waals surface area contributed by atoms with E-state index in [9.17, 15) is 4.79 Å². The van der Waals surface area contributed by atoms with Crippen LogP contribution in [0, 0.1) is 0 Å². The van der Waals surface area contributed by atoms with Crippen LogP contribution in [0.4, 0.5) is 4.79 Å². The lowest BCUT2D eigenvalue weighted by Gasteiger charge is -2.15. The van der Waals surface area contributed by atoms with Crippen molar-refractivity contribution in [1.82, 2.24) is 5.32 Å². The third kappa shape index (κ3) is 7.38. The van der Waals surface area contributed by atoms with E-state index in [1.807, 2.05) is 0 Å². The van der Waals surface area contributed by atoms with E-state index in [0.717, 1.165) is 12.6 Å². The van der Waals surface area contributed by atoms with Crippen LogP contribution >= 0.6 is 0 Å². The van der Waals surface area contributed by atoms with Crippen LogP contribution in [0.15, 0.2) is 0 Å². The van der Waals surface area contributed by atoms with E-state index in [4.69, 9.17) is 0 Å². The molecule has 3 nitrogen and oxygen atoms in total. The number of alkyl carbamates (subject to hydrolysis) is 1. The molecule has 0 rings (SSSR count). The molecule has 0 aliphatic rings. The lowest BCUT2D eigenvalue weighted by atomic mass is 10.7. The monoisotopic (exact) mass is 175 g/mol. The fraction of sp³-hybridized carbons (Fsp3) is 0.857. The molecule has 66 valence electrons. The summed E-state index contributed by atoms with van der Waals surface area (Å²) >= 11 is 0. The molecule has 0 unspecified atom stereocenters. The van der Waals surface area contributed by atoms with Gasteiger partial charge in [0.1, 0.15) is 0 Å². The number of carbonyl (C=O) groups is 1. The number of methoxy groups -OCH3 is 1. The highest BCUT2D eigenvalue weighted by molar-refractivity contribution is 6.76. The Balaban J connectivity index is 3.35. The lowest BCUT2D eigenvalue weighted by molar-refractivity contribution is 0.171. The van der Waals surface area contributed by atoms with Crippen LogP contribution in [0.1, 0.15) is 0 Å². The molecule has 0 aliphatic carbocycles. The Morgan fingerprint density at radius 2 is 2.00 bits per heavy atom. The first-order valence-electron chi connectivity index (χ1n) is 3.77. The zero-order chi connectivity index (χ0) is 8.91. The Morgan fingerprint density at radius 3 is 2.36 bits per heavy atom. The van der Waals surface area contributed by atoms with Crippen LogP contribution in [0.25, 0.3) is 0 Å². The smallest absolute Gasteiger partial charge is 0.406 e. The molecular weight excluding hydrogens is 158 g/mol. The first-order valence-corrected chi connectivity index (χ1v) is 7.48. The molecule has 0 aliphatic heterocycles. The van der Waals surface area contributed by atoms with Gasteiger partial charge in [0.05, 0.1) is 7.11 Å².